The monoisotopic (exact) mass is 189 g/mol. The number of aromatic amines is 1. The number of rotatable bonds is 1. The van der Waals surface area contributed by atoms with Crippen molar-refractivity contribution in [3.63, 3.8) is 0 Å². The van der Waals surface area contributed by atoms with E-state index in [0.29, 0.717) is 10.9 Å². The van der Waals surface area contributed by atoms with Gasteiger partial charge >= 0.3 is 7.12 Å². The third-order valence-corrected chi connectivity index (χ3v) is 2.09. The third kappa shape index (κ3) is 1.32. The zero-order valence-corrected chi connectivity index (χ0v) is 7.27. The fraction of sp³-hybridized carbons (Fsp3) is 0. The van der Waals surface area contributed by atoms with Crippen LogP contribution >= 0.6 is 0 Å². The molecule has 5 heteroatoms. The Balaban J connectivity index is 2.91. The first-order chi connectivity index (χ1) is 6.70. The van der Waals surface area contributed by atoms with Crippen molar-refractivity contribution in [2.75, 3.05) is 0 Å². The molecule has 0 saturated heterocycles. The van der Waals surface area contributed by atoms with Crippen LogP contribution in [0.25, 0.3) is 10.9 Å². The summed E-state index contributed by atoms with van der Waals surface area (Å²) in [6.07, 6.45) is 1.53. The number of pyridine rings is 1. The molecule has 0 unspecified atom stereocenters. The average molecular weight is 189 g/mol. The maximum absolute atomic E-state index is 11.5. The second-order valence-corrected chi connectivity index (χ2v) is 2.99. The molecule has 1 heterocycles. The van der Waals surface area contributed by atoms with Crippen LogP contribution in [0.5, 0.6) is 0 Å². The van der Waals surface area contributed by atoms with Crippen LogP contribution in [-0.4, -0.2) is 22.2 Å². The summed E-state index contributed by atoms with van der Waals surface area (Å²) in [6.45, 7) is 0. The van der Waals surface area contributed by atoms with Crippen LogP contribution in [0.3, 0.4) is 0 Å². The van der Waals surface area contributed by atoms with E-state index in [-0.39, 0.29) is 10.9 Å². The van der Waals surface area contributed by atoms with Crippen molar-refractivity contribution in [3.8, 4) is 0 Å². The van der Waals surface area contributed by atoms with Gasteiger partial charge in [0.25, 0.3) is 0 Å². The van der Waals surface area contributed by atoms with Crippen LogP contribution in [0.1, 0.15) is 0 Å². The highest BCUT2D eigenvalue weighted by Gasteiger charge is 2.15. The molecule has 1 aromatic heterocycles. The summed E-state index contributed by atoms with van der Waals surface area (Å²) in [6, 6.07) is 6.24. The molecule has 3 N–H and O–H groups in total. The smallest absolute Gasteiger partial charge is 0.423 e. The van der Waals surface area contributed by atoms with E-state index in [4.69, 9.17) is 10.0 Å². The van der Waals surface area contributed by atoms with Crippen LogP contribution in [0.4, 0.5) is 0 Å². The normalized spacial score (nSPS) is 10.4. The first-order valence-electron chi connectivity index (χ1n) is 4.16. The van der Waals surface area contributed by atoms with E-state index in [1.165, 1.54) is 18.3 Å². The molecule has 4 nitrogen and oxygen atoms in total. The molecular formula is C9H8BNO3. The Bertz CT molecular complexity index is 515. The molecule has 2 aromatic rings. The minimum absolute atomic E-state index is 0.220. The second-order valence-electron chi connectivity index (χ2n) is 2.99. The summed E-state index contributed by atoms with van der Waals surface area (Å²) in [5.41, 5.74) is 0.606. The largest absolute Gasteiger partial charge is 0.489 e. The molecule has 1 aromatic carbocycles. The van der Waals surface area contributed by atoms with Gasteiger partial charge < -0.3 is 15.0 Å². The molecule has 0 atom stereocenters. The van der Waals surface area contributed by atoms with Gasteiger partial charge in [-0.3, -0.25) is 4.79 Å². The lowest BCUT2D eigenvalue weighted by Crippen LogP contribution is -2.33. The Morgan fingerprint density at radius 1 is 1.21 bits per heavy atom. The van der Waals surface area contributed by atoms with Crippen molar-refractivity contribution in [1.29, 1.82) is 0 Å². The summed E-state index contributed by atoms with van der Waals surface area (Å²) in [7, 11) is -1.62. The van der Waals surface area contributed by atoms with Gasteiger partial charge in [-0.15, -0.1) is 0 Å². The van der Waals surface area contributed by atoms with E-state index < -0.39 is 7.12 Å². The SMILES string of the molecule is O=c1cc[nH]c2cccc(B(O)O)c12. The molecule has 0 amide bonds. The van der Waals surface area contributed by atoms with Gasteiger partial charge in [0.05, 0.1) is 0 Å². The molecule has 0 radical (unpaired) electrons. The number of hydrogen-bond donors (Lipinski definition) is 3. The van der Waals surface area contributed by atoms with Gasteiger partial charge in [-0.2, -0.15) is 0 Å². The standard InChI is InChI=1S/C9H8BNO3/c12-8-4-5-11-7-3-1-2-6(9(7)8)10(13)14/h1-5,13-14H,(H,11,12). The Morgan fingerprint density at radius 3 is 2.71 bits per heavy atom. The lowest BCUT2D eigenvalue weighted by Gasteiger charge is -2.03. The van der Waals surface area contributed by atoms with Gasteiger partial charge in [-0.25, -0.2) is 0 Å². The van der Waals surface area contributed by atoms with Crippen LogP contribution in [-0.2, 0) is 0 Å². The van der Waals surface area contributed by atoms with E-state index >= 15 is 0 Å². The summed E-state index contributed by atoms with van der Waals surface area (Å²) in [5.74, 6) is 0. The fourth-order valence-corrected chi connectivity index (χ4v) is 1.47. The summed E-state index contributed by atoms with van der Waals surface area (Å²) >= 11 is 0. The van der Waals surface area contributed by atoms with Gasteiger partial charge in [-0.05, 0) is 11.5 Å². The Labute approximate surface area is 80.0 Å². The Hall–Kier alpha value is -1.59. The van der Waals surface area contributed by atoms with Gasteiger partial charge in [0.15, 0.2) is 5.43 Å². The highest BCUT2D eigenvalue weighted by molar-refractivity contribution is 6.61. The van der Waals surface area contributed by atoms with Crippen LogP contribution in [0, 0.1) is 0 Å². The highest BCUT2D eigenvalue weighted by atomic mass is 16.4. The molecule has 70 valence electrons. The van der Waals surface area contributed by atoms with E-state index in [9.17, 15) is 4.79 Å². The Morgan fingerprint density at radius 2 is 2.00 bits per heavy atom. The van der Waals surface area contributed by atoms with Crippen LogP contribution in [0.2, 0.25) is 0 Å². The molecule has 0 saturated carbocycles. The van der Waals surface area contributed by atoms with Gasteiger partial charge in [0, 0.05) is 23.2 Å². The predicted octanol–water partition coefficient (Wildman–Crippen LogP) is -0.792. The number of hydrogen-bond acceptors (Lipinski definition) is 3. The zero-order valence-electron chi connectivity index (χ0n) is 7.27. The predicted molar refractivity (Wildman–Crippen MR) is 54.4 cm³/mol. The van der Waals surface area contributed by atoms with Gasteiger partial charge in [0.2, 0.25) is 0 Å². The van der Waals surface area contributed by atoms with Crippen molar-refractivity contribution >= 4 is 23.5 Å². The van der Waals surface area contributed by atoms with E-state index in [0.717, 1.165) is 0 Å². The van der Waals surface area contributed by atoms with E-state index in [2.05, 4.69) is 4.98 Å². The second kappa shape index (κ2) is 3.28. The van der Waals surface area contributed by atoms with Crippen molar-refractivity contribution in [2.24, 2.45) is 0 Å². The summed E-state index contributed by atoms with van der Waals surface area (Å²) in [5, 5.41) is 18.4. The van der Waals surface area contributed by atoms with E-state index in [1.807, 2.05) is 0 Å². The van der Waals surface area contributed by atoms with Crippen LogP contribution in [0.15, 0.2) is 35.3 Å². The molecule has 0 aliphatic heterocycles. The van der Waals surface area contributed by atoms with E-state index in [1.54, 1.807) is 12.1 Å². The molecule has 0 aliphatic carbocycles. The van der Waals surface area contributed by atoms with Gasteiger partial charge in [0.1, 0.15) is 0 Å². The molecule has 14 heavy (non-hydrogen) atoms. The average Bonchev–Trinajstić information content (AvgIpc) is 2.17. The topological polar surface area (TPSA) is 73.3 Å². The number of nitrogens with one attached hydrogen (secondary N) is 1. The van der Waals surface area contributed by atoms with Gasteiger partial charge in [-0.1, -0.05) is 12.1 Å². The lowest BCUT2D eigenvalue weighted by molar-refractivity contribution is 0.426. The molecule has 0 aliphatic rings. The first-order valence-corrected chi connectivity index (χ1v) is 4.16. The number of benzene rings is 1. The van der Waals surface area contributed by atoms with Crippen molar-refractivity contribution in [3.05, 3.63) is 40.7 Å². The minimum atomic E-state index is -1.62. The maximum atomic E-state index is 11.5. The Kier molecular flexibility index (Phi) is 2.11. The third-order valence-electron chi connectivity index (χ3n) is 2.09. The quantitative estimate of drug-likeness (QED) is 0.514. The minimum Gasteiger partial charge on any atom is -0.423 e. The molecule has 0 spiro atoms. The van der Waals surface area contributed by atoms with Crippen molar-refractivity contribution in [2.45, 2.75) is 0 Å². The molecule has 2 rings (SSSR count). The number of aromatic nitrogens is 1. The first kappa shape index (κ1) is 8.99. The highest BCUT2D eigenvalue weighted by Crippen LogP contribution is 2.02. The van der Waals surface area contributed by atoms with Crippen LogP contribution < -0.4 is 10.9 Å². The maximum Gasteiger partial charge on any atom is 0.489 e. The summed E-state index contributed by atoms with van der Waals surface area (Å²) in [4.78, 5) is 14.3. The number of fused-ring (bicyclic) bond motifs is 1. The molecular weight excluding hydrogens is 181 g/mol. The number of H-pyrrole nitrogens is 1. The fourth-order valence-electron chi connectivity index (χ4n) is 1.47. The van der Waals surface area contributed by atoms with Crippen molar-refractivity contribution in [1.82, 2.24) is 4.98 Å². The molecule has 0 fully saturated rings. The lowest BCUT2D eigenvalue weighted by atomic mass is 9.78. The summed E-state index contributed by atoms with van der Waals surface area (Å²) < 4.78 is 0. The van der Waals surface area contributed by atoms with Crippen molar-refractivity contribution < 1.29 is 10.0 Å². The molecule has 0 bridgehead atoms. The zero-order chi connectivity index (χ0) is 10.1.